The van der Waals surface area contributed by atoms with E-state index in [0.717, 1.165) is 51.6 Å². The summed E-state index contributed by atoms with van der Waals surface area (Å²) in [6.07, 6.45) is 5.94. The number of benzene rings is 2. The van der Waals surface area contributed by atoms with Gasteiger partial charge in [0.1, 0.15) is 10.7 Å². The largest absolute Gasteiger partial charge is 0.370 e. The van der Waals surface area contributed by atoms with Gasteiger partial charge < -0.3 is 10.2 Å². The SMILES string of the molecule is O=C(NCc1cccc(F)c1)c1ccc(N2CCCCC2)c(S(=O)(=O)N2CCCCC2)c1. The topological polar surface area (TPSA) is 69.7 Å². The quantitative estimate of drug-likeness (QED) is 0.711. The molecule has 0 radical (unpaired) electrons. The zero-order chi connectivity index (χ0) is 22.6. The molecule has 172 valence electrons. The Labute approximate surface area is 189 Å². The second-order valence-corrected chi connectivity index (χ2v) is 10.4. The van der Waals surface area contributed by atoms with E-state index in [0.29, 0.717) is 24.3 Å². The number of nitrogens with one attached hydrogen (secondary N) is 1. The molecule has 6 nitrogen and oxygen atoms in total. The summed E-state index contributed by atoms with van der Waals surface area (Å²) in [5.41, 5.74) is 1.61. The highest BCUT2D eigenvalue weighted by Gasteiger charge is 2.31. The lowest BCUT2D eigenvalue weighted by Crippen LogP contribution is -2.38. The van der Waals surface area contributed by atoms with Crippen molar-refractivity contribution in [3.63, 3.8) is 0 Å². The number of hydrogen-bond donors (Lipinski definition) is 1. The van der Waals surface area contributed by atoms with Crippen molar-refractivity contribution in [2.75, 3.05) is 31.1 Å². The van der Waals surface area contributed by atoms with Crippen LogP contribution in [0.25, 0.3) is 0 Å². The van der Waals surface area contributed by atoms with Crippen molar-refractivity contribution in [1.29, 1.82) is 0 Å². The summed E-state index contributed by atoms with van der Waals surface area (Å²) in [6.45, 7) is 2.81. The standard InChI is InChI=1S/C24H30FN3O3S/c25-21-9-7-8-19(16-21)18-26-24(29)20-10-11-22(27-12-3-1-4-13-27)23(17-20)32(30,31)28-14-5-2-6-15-28/h7-11,16-17H,1-6,12-15,18H2,(H,26,29). The predicted molar refractivity (Wildman–Crippen MR) is 123 cm³/mol. The van der Waals surface area contributed by atoms with E-state index in [1.54, 1.807) is 28.6 Å². The van der Waals surface area contributed by atoms with E-state index < -0.39 is 10.0 Å². The molecule has 2 aliphatic rings. The molecule has 0 bridgehead atoms. The number of rotatable bonds is 6. The van der Waals surface area contributed by atoms with Gasteiger partial charge in [0.05, 0.1) is 5.69 Å². The third-order valence-corrected chi connectivity index (χ3v) is 8.12. The van der Waals surface area contributed by atoms with E-state index in [-0.39, 0.29) is 28.7 Å². The first-order valence-electron chi connectivity index (χ1n) is 11.4. The van der Waals surface area contributed by atoms with Gasteiger partial charge >= 0.3 is 0 Å². The van der Waals surface area contributed by atoms with Gasteiger partial charge in [-0.05, 0) is 68.0 Å². The van der Waals surface area contributed by atoms with Crippen molar-refractivity contribution in [2.45, 2.75) is 50.0 Å². The molecule has 32 heavy (non-hydrogen) atoms. The number of anilines is 1. The molecule has 2 aromatic rings. The maximum absolute atomic E-state index is 13.6. The lowest BCUT2D eigenvalue weighted by atomic mass is 10.1. The van der Waals surface area contributed by atoms with Crippen molar-refractivity contribution in [2.24, 2.45) is 0 Å². The Bertz CT molecular complexity index is 1060. The summed E-state index contributed by atoms with van der Waals surface area (Å²) in [5, 5.41) is 2.77. The fourth-order valence-electron chi connectivity index (χ4n) is 4.43. The van der Waals surface area contributed by atoms with E-state index >= 15 is 0 Å². The van der Waals surface area contributed by atoms with E-state index in [2.05, 4.69) is 10.2 Å². The molecule has 0 unspecified atom stereocenters. The summed E-state index contributed by atoms with van der Waals surface area (Å²) >= 11 is 0. The van der Waals surface area contributed by atoms with Crippen LogP contribution in [0.1, 0.15) is 54.4 Å². The Morgan fingerprint density at radius 3 is 2.28 bits per heavy atom. The first-order chi connectivity index (χ1) is 15.4. The van der Waals surface area contributed by atoms with Gasteiger partial charge in [-0.25, -0.2) is 12.8 Å². The van der Waals surface area contributed by atoms with E-state index in [1.165, 1.54) is 18.2 Å². The van der Waals surface area contributed by atoms with Gasteiger partial charge in [0.15, 0.2) is 0 Å². The molecule has 0 saturated carbocycles. The average Bonchev–Trinajstić information content (AvgIpc) is 2.83. The van der Waals surface area contributed by atoms with Crippen molar-refractivity contribution in [1.82, 2.24) is 9.62 Å². The summed E-state index contributed by atoms with van der Waals surface area (Å²) in [6, 6.07) is 11.0. The predicted octanol–water partition coefficient (Wildman–Crippen LogP) is 3.92. The Kier molecular flexibility index (Phi) is 7.10. The molecule has 2 aromatic carbocycles. The smallest absolute Gasteiger partial charge is 0.251 e. The van der Waals surface area contributed by atoms with Gasteiger partial charge in [-0.15, -0.1) is 0 Å². The van der Waals surface area contributed by atoms with Crippen molar-refractivity contribution in [3.8, 4) is 0 Å². The first-order valence-corrected chi connectivity index (χ1v) is 12.8. The van der Waals surface area contributed by atoms with Crippen LogP contribution in [0, 0.1) is 5.82 Å². The number of amides is 1. The Balaban J connectivity index is 1.62. The van der Waals surface area contributed by atoms with Crippen LogP contribution in [-0.2, 0) is 16.6 Å². The van der Waals surface area contributed by atoms with Crippen LogP contribution in [0.3, 0.4) is 0 Å². The maximum Gasteiger partial charge on any atom is 0.251 e. The third-order valence-electron chi connectivity index (χ3n) is 6.19. The zero-order valence-electron chi connectivity index (χ0n) is 18.2. The molecule has 4 rings (SSSR count). The molecular weight excluding hydrogens is 429 g/mol. The number of carbonyl (C=O) groups excluding carboxylic acids is 1. The van der Waals surface area contributed by atoms with E-state index in [1.807, 2.05) is 0 Å². The Hall–Kier alpha value is -2.45. The van der Waals surface area contributed by atoms with Gasteiger partial charge in [-0.3, -0.25) is 4.79 Å². The van der Waals surface area contributed by atoms with Gasteiger partial charge in [0.2, 0.25) is 10.0 Å². The molecule has 2 heterocycles. The molecule has 2 fully saturated rings. The van der Waals surface area contributed by atoms with E-state index in [4.69, 9.17) is 0 Å². The molecular formula is C24H30FN3O3S. The monoisotopic (exact) mass is 459 g/mol. The van der Waals surface area contributed by atoms with Gasteiger partial charge in [-0.1, -0.05) is 18.6 Å². The van der Waals surface area contributed by atoms with Crippen LogP contribution in [0.4, 0.5) is 10.1 Å². The van der Waals surface area contributed by atoms with Crippen molar-refractivity contribution in [3.05, 3.63) is 59.4 Å². The minimum absolute atomic E-state index is 0.165. The Morgan fingerprint density at radius 2 is 1.59 bits per heavy atom. The highest BCUT2D eigenvalue weighted by Crippen LogP contribution is 2.32. The van der Waals surface area contributed by atoms with Crippen LogP contribution in [0.15, 0.2) is 47.4 Å². The lowest BCUT2D eigenvalue weighted by Gasteiger charge is -2.33. The molecule has 1 N–H and O–H groups in total. The van der Waals surface area contributed by atoms with Gasteiger partial charge in [-0.2, -0.15) is 4.31 Å². The molecule has 2 saturated heterocycles. The molecule has 2 aliphatic heterocycles. The molecule has 0 atom stereocenters. The summed E-state index contributed by atoms with van der Waals surface area (Å²) in [5.74, 6) is -0.743. The average molecular weight is 460 g/mol. The number of carbonyl (C=O) groups is 1. The summed E-state index contributed by atoms with van der Waals surface area (Å²) in [7, 11) is -3.71. The normalized spacial score (nSPS) is 17.8. The summed E-state index contributed by atoms with van der Waals surface area (Å²) < 4.78 is 42.1. The first kappa shape index (κ1) is 22.7. The third kappa shape index (κ3) is 5.13. The van der Waals surface area contributed by atoms with Crippen LogP contribution >= 0.6 is 0 Å². The number of piperidine rings is 2. The van der Waals surface area contributed by atoms with Crippen LogP contribution in [0.2, 0.25) is 0 Å². The minimum Gasteiger partial charge on any atom is -0.370 e. The van der Waals surface area contributed by atoms with Crippen LogP contribution < -0.4 is 10.2 Å². The maximum atomic E-state index is 13.6. The second-order valence-electron chi connectivity index (χ2n) is 8.51. The highest BCUT2D eigenvalue weighted by atomic mass is 32.2. The number of hydrogen-bond acceptors (Lipinski definition) is 4. The number of nitrogens with zero attached hydrogens (tertiary/aromatic N) is 2. The summed E-state index contributed by atoms with van der Waals surface area (Å²) in [4.78, 5) is 15.1. The molecule has 8 heteroatoms. The molecule has 0 aliphatic carbocycles. The Morgan fingerprint density at radius 1 is 0.906 bits per heavy atom. The molecule has 0 spiro atoms. The van der Waals surface area contributed by atoms with Gasteiger partial charge in [0.25, 0.3) is 5.91 Å². The van der Waals surface area contributed by atoms with E-state index in [9.17, 15) is 17.6 Å². The molecule has 0 aromatic heterocycles. The van der Waals surface area contributed by atoms with Crippen LogP contribution in [0.5, 0.6) is 0 Å². The van der Waals surface area contributed by atoms with Crippen molar-refractivity contribution >= 4 is 21.6 Å². The fraction of sp³-hybridized carbons (Fsp3) is 0.458. The highest BCUT2D eigenvalue weighted by molar-refractivity contribution is 7.89. The number of sulfonamides is 1. The minimum atomic E-state index is -3.71. The lowest BCUT2D eigenvalue weighted by molar-refractivity contribution is 0.0950. The zero-order valence-corrected chi connectivity index (χ0v) is 19.0. The molecule has 1 amide bonds. The number of halogens is 1. The fourth-order valence-corrected chi connectivity index (χ4v) is 6.19. The van der Waals surface area contributed by atoms with Crippen molar-refractivity contribution < 1.29 is 17.6 Å². The second kappa shape index (κ2) is 10.0. The van der Waals surface area contributed by atoms with Crippen LogP contribution in [-0.4, -0.2) is 44.8 Å². The van der Waals surface area contributed by atoms with Gasteiger partial charge in [0, 0.05) is 38.3 Å².